The number of aldehydes is 1. The molecule has 3 heteroatoms. The maximum absolute atomic E-state index is 10.9. The molecule has 0 radical (unpaired) electrons. The van der Waals surface area contributed by atoms with Crippen LogP contribution in [0.3, 0.4) is 0 Å². The highest BCUT2D eigenvalue weighted by Gasteiger charge is 2.25. The number of carbonyl (C=O) groups is 1. The molecule has 0 aromatic heterocycles. The van der Waals surface area contributed by atoms with Crippen molar-refractivity contribution in [1.82, 2.24) is 5.32 Å². The van der Waals surface area contributed by atoms with Crippen LogP contribution in [0.1, 0.15) is 6.92 Å². The van der Waals surface area contributed by atoms with E-state index < -0.39 is 0 Å². The van der Waals surface area contributed by atoms with Crippen molar-refractivity contribution in [3.63, 3.8) is 0 Å². The first-order valence-electron chi connectivity index (χ1n) is 5.53. The molecule has 0 aromatic carbocycles. The molecule has 17 heavy (non-hydrogen) atoms. The Morgan fingerprint density at radius 3 is 3.00 bits per heavy atom. The summed E-state index contributed by atoms with van der Waals surface area (Å²) in [6.07, 6.45) is 14.5. The standard InChI is InChI=1S/C14H15NOS/c1-14(17)6-2-3-11(10-16)9-13(14)12-4-7-15-8-5-12/h2-7,9-10,15,17H,8H2,1H3. The summed E-state index contributed by atoms with van der Waals surface area (Å²) in [7, 11) is 0. The molecule has 0 saturated carbocycles. The Bertz CT molecular complexity index is 478. The number of nitrogens with one attached hydrogen (secondary N) is 1. The third-order valence-electron chi connectivity index (χ3n) is 2.83. The Morgan fingerprint density at radius 1 is 1.53 bits per heavy atom. The van der Waals surface area contributed by atoms with Crippen molar-refractivity contribution < 1.29 is 4.79 Å². The molecule has 0 saturated heterocycles. The molecule has 1 heterocycles. The van der Waals surface area contributed by atoms with Gasteiger partial charge in [-0.3, -0.25) is 4.79 Å². The molecule has 2 aliphatic rings. The van der Waals surface area contributed by atoms with Crippen LogP contribution in [0.5, 0.6) is 0 Å². The molecule has 1 aliphatic carbocycles. The minimum atomic E-state index is -0.366. The quantitative estimate of drug-likeness (QED) is 0.577. The lowest BCUT2D eigenvalue weighted by Crippen LogP contribution is -2.20. The minimum Gasteiger partial charge on any atom is -0.387 e. The van der Waals surface area contributed by atoms with Gasteiger partial charge in [-0.05, 0) is 36.4 Å². The first-order valence-corrected chi connectivity index (χ1v) is 5.98. The van der Waals surface area contributed by atoms with E-state index in [1.165, 1.54) is 0 Å². The molecule has 1 unspecified atom stereocenters. The summed E-state index contributed by atoms with van der Waals surface area (Å²) in [4.78, 5) is 10.9. The van der Waals surface area contributed by atoms with Crippen molar-refractivity contribution >= 4 is 18.9 Å². The number of hydrogen-bond donors (Lipinski definition) is 2. The zero-order valence-corrected chi connectivity index (χ0v) is 10.6. The fourth-order valence-electron chi connectivity index (χ4n) is 1.90. The monoisotopic (exact) mass is 245 g/mol. The van der Waals surface area contributed by atoms with Gasteiger partial charge in [-0.15, -0.1) is 0 Å². The predicted octanol–water partition coefficient (Wildman–Crippen LogP) is 2.34. The SMILES string of the molecule is CC1(S)C=CC=C(C=O)C=C1C1=CCNC=C1. The van der Waals surface area contributed by atoms with Crippen LogP contribution < -0.4 is 5.32 Å². The zero-order valence-electron chi connectivity index (χ0n) is 9.68. The molecular formula is C14H15NOS. The topological polar surface area (TPSA) is 29.1 Å². The predicted molar refractivity (Wildman–Crippen MR) is 74.0 cm³/mol. The Morgan fingerprint density at radius 2 is 2.35 bits per heavy atom. The van der Waals surface area contributed by atoms with E-state index in [9.17, 15) is 4.79 Å². The molecule has 1 N–H and O–H groups in total. The molecule has 2 rings (SSSR count). The van der Waals surface area contributed by atoms with Gasteiger partial charge < -0.3 is 5.32 Å². The Balaban J connectivity index is 2.47. The molecule has 1 aliphatic heterocycles. The summed E-state index contributed by atoms with van der Waals surface area (Å²) in [5, 5.41) is 3.11. The van der Waals surface area contributed by atoms with Crippen molar-refractivity contribution in [2.24, 2.45) is 0 Å². The number of carbonyl (C=O) groups excluding carboxylic acids is 1. The second-order valence-corrected chi connectivity index (χ2v) is 5.18. The molecule has 1 atom stereocenters. The Hall–Kier alpha value is -1.48. The summed E-state index contributed by atoms with van der Waals surface area (Å²) in [5.41, 5.74) is 2.83. The van der Waals surface area contributed by atoms with E-state index >= 15 is 0 Å². The summed E-state index contributed by atoms with van der Waals surface area (Å²) < 4.78 is -0.366. The van der Waals surface area contributed by atoms with Gasteiger partial charge in [0.2, 0.25) is 0 Å². The molecular weight excluding hydrogens is 230 g/mol. The minimum absolute atomic E-state index is 0.366. The average Bonchev–Trinajstić information content (AvgIpc) is 2.48. The highest BCUT2D eigenvalue weighted by atomic mass is 32.1. The van der Waals surface area contributed by atoms with Crippen LogP contribution >= 0.6 is 12.6 Å². The van der Waals surface area contributed by atoms with E-state index in [2.05, 4.69) is 24.0 Å². The van der Waals surface area contributed by atoms with E-state index in [0.29, 0.717) is 5.57 Å². The molecule has 0 fully saturated rings. The van der Waals surface area contributed by atoms with E-state index in [-0.39, 0.29) is 4.75 Å². The largest absolute Gasteiger partial charge is 0.387 e. The fourth-order valence-corrected chi connectivity index (χ4v) is 2.18. The van der Waals surface area contributed by atoms with Gasteiger partial charge in [0.1, 0.15) is 6.29 Å². The van der Waals surface area contributed by atoms with Gasteiger partial charge in [0.25, 0.3) is 0 Å². The fraction of sp³-hybridized carbons (Fsp3) is 0.214. The first kappa shape index (κ1) is 12.0. The highest BCUT2D eigenvalue weighted by molar-refractivity contribution is 7.82. The number of rotatable bonds is 2. The molecule has 0 amide bonds. The third kappa shape index (κ3) is 2.61. The molecule has 88 valence electrons. The van der Waals surface area contributed by atoms with Gasteiger partial charge in [-0.2, -0.15) is 12.6 Å². The van der Waals surface area contributed by atoms with E-state index in [1.54, 1.807) is 6.08 Å². The van der Waals surface area contributed by atoms with Gasteiger partial charge in [0.05, 0.1) is 4.75 Å². The summed E-state index contributed by atoms with van der Waals surface area (Å²) in [6, 6.07) is 0. The average molecular weight is 245 g/mol. The Kier molecular flexibility index (Phi) is 3.38. The van der Waals surface area contributed by atoms with Gasteiger partial charge in [-0.25, -0.2) is 0 Å². The number of allylic oxidation sites excluding steroid dienone is 6. The second kappa shape index (κ2) is 4.80. The lowest BCUT2D eigenvalue weighted by molar-refractivity contribution is -0.104. The lowest BCUT2D eigenvalue weighted by atomic mass is 9.90. The maximum atomic E-state index is 10.9. The van der Waals surface area contributed by atoms with Crippen LogP contribution in [0, 0.1) is 0 Å². The molecule has 0 bridgehead atoms. The number of dihydropyridines is 1. The summed E-state index contributed by atoms with van der Waals surface area (Å²) in [6.45, 7) is 2.83. The first-order chi connectivity index (χ1) is 8.13. The Labute approximate surface area is 107 Å². The van der Waals surface area contributed by atoms with E-state index in [1.807, 2.05) is 37.4 Å². The van der Waals surface area contributed by atoms with Crippen molar-refractivity contribution in [2.75, 3.05) is 6.54 Å². The van der Waals surface area contributed by atoms with Gasteiger partial charge in [-0.1, -0.05) is 24.3 Å². The summed E-state index contributed by atoms with van der Waals surface area (Å²) >= 11 is 4.67. The molecule has 0 aromatic rings. The van der Waals surface area contributed by atoms with Gasteiger partial charge in [0.15, 0.2) is 0 Å². The number of hydrogen-bond acceptors (Lipinski definition) is 3. The number of thiol groups is 1. The smallest absolute Gasteiger partial charge is 0.150 e. The lowest BCUT2D eigenvalue weighted by Gasteiger charge is -2.25. The van der Waals surface area contributed by atoms with Gasteiger partial charge in [0, 0.05) is 12.1 Å². The van der Waals surface area contributed by atoms with Crippen molar-refractivity contribution in [3.05, 3.63) is 59.4 Å². The maximum Gasteiger partial charge on any atom is 0.150 e. The van der Waals surface area contributed by atoms with E-state index in [4.69, 9.17) is 0 Å². The van der Waals surface area contributed by atoms with Crippen LogP contribution in [0.4, 0.5) is 0 Å². The van der Waals surface area contributed by atoms with Gasteiger partial charge >= 0.3 is 0 Å². The second-order valence-electron chi connectivity index (χ2n) is 4.25. The van der Waals surface area contributed by atoms with Crippen molar-refractivity contribution in [3.8, 4) is 0 Å². The summed E-state index contributed by atoms with van der Waals surface area (Å²) in [5.74, 6) is 0. The zero-order chi connectivity index (χ0) is 12.3. The third-order valence-corrected chi connectivity index (χ3v) is 3.22. The highest BCUT2D eigenvalue weighted by Crippen LogP contribution is 2.34. The van der Waals surface area contributed by atoms with Crippen molar-refractivity contribution in [1.29, 1.82) is 0 Å². The van der Waals surface area contributed by atoms with Crippen LogP contribution in [0.15, 0.2) is 59.4 Å². The van der Waals surface area contributed by atoms with Crippen molar-refractivity contribution in [2.45, 2.75) is 11.7 Å². The van der Waals surface area contributed by atoms with E-state index in [0.717, 1.165) is 24.0 Å². The molecule has 0 spiro atoms. The van der Waals surface area contributed by atoms with Crippen LogP contribution in [-0.2, 0) is 4.79 Å². The molecule has 2 nitrogen and oxygen atoms in total. The van der Waals surface area contributed by atoms with Crippen LogP contribution in [0.25, 0.3) is 0 Å². The van der Waals surface area contributed by atoms with Crippen LogP contribution in [0.2, 0.25) is 0 Å². The normalized spacial score (nSPS) is 27.5. The van der Waals surface area contributed by atoms with Crippen LogP contribution in [-0.4, -0.2) is 17.6 Å².